The molecule has 0 bridgehead atoms. The summed E-state index contributed by atoms with van der Waals surface area (Å²) in [7, 11) is 0. The second-order valence-corrected chi connectivity index (χ2v) is 19.5. The molecule has 0 saturated carbocycles. The van der Waals surface area contributed by atoms with Crippen molar-refractivity contribution in [2.24, 2.45) is 0 Å². The Bertz CT molecular complexity index is 1290. The van der Waals surface area contributed by atoms with Gasteiger partial charge in [-0.15, -0.1) is 0 Å². The standard InChI is InChI=1S/C63H110O6/c1-4-7-10-13-16-19-22-25-28-30-32-34-35-38-41-44-47-50-53-56-62(65)68-59-60(58-67-61(64)55-52-49-46-43-40-37-27-24-21-18-15-12-9-6-3)69-63(66)57-54-51-48-45-42-39-36-33-31-29-26-23-20-17-14-11-8-5-2/h7,10,16,19,25,28,32-34,36-37,40,60H,4-6,8-9,11-15,17-18,20-24,26-27,29-31,35,38-39,41-59H2,1-3H3/b10-7-,19-16-,28-25-,34-32-,36-33-,40-37-. The molecule has 1 atom stereocenters. The molecule has 0 saturated heterocycles. The maximum Gasteiger partial charge on any atom is 0.306 e. The van der Waals surface area contributed by atoms with Crippen molar-refractivity contribution in [1.82, 2.24) is 0 Å². The van der Waals surface area contributed by atoms with Crippen LogP contribution in [-0.4, -0.2) is 37.2 Å². The minimum Gasteiger partial charge on any atom is -0.462 e. The molecule has 0 aliphatic carbocycles. The van der Waals surface area contributed by atoms with Gasteiger partial charge in [-0.3, -0.25) is 14.4 Å². The number of unbranched alkanes of at least 4 members (excludes halogenated alkanes) is 30. The van der Waals surface area contributed by atoms with Crippen LogP contribution >= 0.6 is 0 Å². The summed E-state index contributed by atoms with van der Waals surface area (Å²) in [6.45, 7) is 6.51. The molecule has 0 rings (SSSR count). The summed E-state index contributed by atoms with van der Waals surface area (Å²) in [4.78, 5) is 38.2. The van der Waals surface area contributed by atoms with E-state index in [1.54, 1.807) is 0 Å². The molecule has 0 aromatic carbocycles. The van der Waals surface area contributed by atoms with Crippen LogP contribution < -0.4 is 0 Å². The van der Waals surface area contributed by atoms with Crippen LogP contribution in [0.3, 0.4) is 0 Å². The van der Waals surface area contributed by atoms with Gasteiger partial charge < -0.3 is 14.2 Å². The highest BCUT2D eigenvalue weighted by Crippen LogP contribution is 2.15. The van der Waals surface area contributed by atoms with E-state index in [2.05, 4.69) is 93.7 Å². The van der Waals surface area contributed by atoms with Crippen LogP contribution in [0.1, 0.15) is 290 Å². The SMILES string of the molecule is CC/C=C\C/C=C\C/C=C\C/C=C\CCCCCCCCC(=O)OCC(COC(=O)CCCCC/C=C\CCCCCCCCC)OC(=O)CCCCCCC/C=C\CCCCCCCCCCC. The number of carbonyl (C=O) groups is 3. The Morgan fingerprint density at radius 3 is 0.913 bits per heavy atom. The van der Waals surface area contributed by atoms with Crippen LogP contribution in [0, 0.1) is 0 Å². The minimum absolute atomic E-state index is 0.0903. The normalized spacial score (nSPS) is 12.6. The minimum atomic E-state index is -0.792. The van der Waals surface area contributed by atoms with Crippen molar-refractivity contribution in [2.75, 3.05) is 13.2 Å². The molecule has 0 N–H and O–H groups in total. The van der Waals surface area contributed by atoms with E-state index in [-0.39, 0.29) is 31.1 Å². The van der Waals surface area contributed by atoms with Gasteiger partial charge in [-0.25, -0.2) is 0 Å². The molecule has 6 nitrogen and oxygen atoms in total. The van der Waals surface area contributed by atoms with Gasteiger partial charge in [0.1, 0.15) is 13.2 Å². The average molecular weight is 964 g/mol. The molecular weight excluding hydrogens is 853 g/mol. The quantitative estimate of drug-likeness (QED) is 0.0262. The monoisotopic (exact) mass is 963 g/mol. The zero-order chi connectivity index (χ0) is 50.0. The first kappa shape index (κ1) is 65.8. The van der Waals surface area contributed by atoms with Crippen LogP contribution in [0.4, 0.5) is 0 Å². The molecule has 6 heteroatoms. The van der Waals surface area contributed by atoms with Crippen molar-refractivity contribution in [1.29, 1.82) is 0 Å². The number of rotatable bonds is 53. The summed E-state index contributed by atoms with van der Waals surface area (Å²) in [5.74, 6) is -0.918. The van der Waals surface area contributed by atoms with Gasteiger partial charge in [0.25, 0.3) is 0 Å². The lowest BCUT2D eigenvalue weighted by molar-refractivity contribution is -0.167. The van der Waals surface area contributed by atoms with E-state index in [1.807, 2.05) is 0 Å². The summed E-state index contributed by atoms with van der Waals surface area (Å²) in [5, 5.41) is 0. The fourth-order valence-electron chi connectivity index (χ4n) is 8.25. The number of allylic oxidation sites excluding steroid dienone is 12. The summed E-state index contributed by atoms with van der Waals surface area (Å²) in [6.07, 6.45) is 73.2. The number of esters is 3. The van der Waals surface area contributed by atoms with Gasteiger partial charge in [-0.1, -0.05) is 235 Å². The van der Waals surface area contributed by atoms with E-state index in [1.165, 1.54) is 135 Å². The largest absolute Gasteiger partial charge is 0.462 e. The van der Waals surface area contributed by atoms with Crippen LogP contribution in [0.5, 0.6) is 0 Å². The maximum absolute atomic E-state index is 12.9. The molecule has 0 aliphatic rings. The lowest BCUT2D eigenvalue weighted by Crippen LogP contribution is -2.30. The Morgan fingerprint density at radius 2 is 0.565 bits per heavy atom. The third-order valence-corrected chi connectivity index (χ3v) is 12.7. The zero-order valence-corrected chi connectivity index (χ0v) is 45.6. The molecule has 0 aromatic heterocycles. The average Bonchev–Trinajstić information content (AvgIpc) is 3.35. The number of ether oxygens (including phenoxy) is 3. The van der Waals surface area contributed by atoms with E-state index >= 15 is 0 Å². The lowest BCUT2D eigenvalue weighted by atomic mass is 10.1. The number of hydrogen-bond acceptors (Lipinski definition) is 6. The molecule has 69 heavy (non-hydrogen) atoms. The smallest absolute Gasteiger partial charge is 0.306 e. The molecule has 0 aliphatic heterocycles. The van der Waals surface area contributed by atoms with E-state index in [9.17, 15) is 14.4 Å². The molecule has 0 radical (unpaired) electrons. The summed E-state index contributed by atoms with van der Waals surface area (Å²) < 4.78 is 16.9. The Hall–Kier alpha value is -3.15. The summed E-state index contributed by atoms with van der Waals surface area (Å²) in [5.41, 5.74) is 0. The van der Waals surface area contributed by atoms with Crippen molar-refractivity contribution in [3.63, 3.8) is 0 Å². The Morgan fingerprint density at radius 1 is 0.304 bits per heavy atom. The predicted octanol–water partition coefficient (Wildman–Crippen LogP) is 19.8. The van der Waals surface area contributed by atoms with Crippen LogP contribution in [-0.2, 0) is 28.6 Å². The van der Waals surface area contributed by atoms with Gasteiger partial charge in [-0.2, -0.15) is 0 Å². The number of hydrogen-bond donors (Lipinski definition) is 0. The molecule has 0 spiro atoms. The first-order valence-electron chi connectivity index (χ1n) is 29.4. The highest BCUT2D eigenvalue weighted by molar-refractivity contribution is 5.71. The summed E-state index contributed by atoms with van der Waals surface area (Å²) >= 11 is 0. The van der Waals surface area contributed by atoms with Crippen molar-refractivity contribution in [2.45, 2.75) is 297 Å². The first-order valence-corrected chi connectivity index (χ1v) is 29.4. The Labute approximate surface area is 427 Å². The van der Waals surface area contributed by atoms with E-state index < -0.39 is 6.10 Å². The van der Waals surface area contributed by atoms with Crippen LogP contribution in [0.2, 0.25) is 0 Å². The van der Waals surface area contributed by atoms with E-state index in [0.29, 0.717) is 19.3 Å². The molecular formula is C63H110O6. The molecule has 398 valence electrons. The van der Waals surface area contributed by atoms with Crippen molar-refractivity contribution >= 4 is 17.9 Å². The summed E-state index contributed by atoms with van der Waals surface area (Å²) in [6, 6.07) is 0. The highest BCUT2D eigenvalue weighted by Gasteiger charge is 2.19. The second-order valence-electron chi connectivity index (χ2n) is 19.5. The first-order chi connectivity index (χ1) is 34.0. The molecule has 0 amide bonds. The predicted molar refractivity (Wildman–Crippen MR) is 298 cm³/mol. The topological polar surface area (TPSA) is 78.9 Å². The van der Waals surface area contributed by atoms with Crippen LogP contribution in [0.15, 0.2) is 72.9 Å². The van der Waals surface area contributed by atoms with E-state index in [0.717, 1.165) is 116 Å². The molecule has 0 aromatic rings. The van der Waals surface area contributed by atoms with Gasteiger partial charge in [0.05, 0.1) is 0 Å². The third kappa shape index (κ3) is 55.6. The van der Waals surface area contributed by atoms with Crippen molar-refractivity contribution < 1.29 is 28.6 Å². The van der Waals surface area contributed by atoms with Crippen molar-refractivity contribution in [3.05, 3.63) is 72.9 Å². The fourth-order valence-corrected chi connectivity index (χ4v) is 8.25. The van der Waals surface area contributed by atoms with Crippen LogP contribution in [0.25, 0.3) is 0 Å². The second kappa shape index (κ2) is 57.4. The highest BCUT2D eigenvalue weighted by atomic mass is 16.6. The molecule has 1 unspecified atom stereocenters. The fraction of sp³-hybridized carbons (Fsp3) is 0.762. The van der Waals surface area contributed by atoms with Gasteiger partial charge in [0, 0.05) is 19.3 Å². The van der Waals surface area contributed by atoms with E-state index in [4.69, 9.17) is 14.2 Å². The Kier molecular flexibility index (Phi) is 54.8. The zero-order valence-electron chi connectivity index (χ0n) is 45.6. The Balaban J connectivity index is 4.42. The number of carbonyl (C=O) groups excluding carboxylic acids is 3. The van der Waals surface area contributed by atoms with Gasteiger partial charge in [-0.05, 0) is 109 Å². The third-order valence-electron chi connectivity index (χ3n) is 12.7. The lowest BCUT2D eigenvalue weighted by Gasteiger charge is -2.18. The molecule has 0 fully saturated rings. The van der Waals surface area contributed by atoms with Crippen molar-refractivity contribution in [3.8, 4) is 0 Å². The van der Waals surface area contributed by atoms with Gasteiger partial charge in [0.15, 0.2) is 6.10 Å². The van der Waals surface area contributed by atoms with Gasteiger partial charge >= 0.3 is 17.9 Å². The molecule has 0 heterocycles. The van der Waals surface area contributed by atoms with Gasteiger partial charge in [0.2, 0.25) is 0 Å². The maximum atomic E-state index is 12.9.